The zero-order chi connectivity index (χ0) is 22.4. The van der Waals surface area contributed by atoms with Crippen molar-refractivity contribution >= 4 is 33.8 Å². The summed E-state index contributed by atoms with van der Waals surface area (Å²) in [6.07, 6.45) is 1.75. The van der Waals surface area contributed by atoms with E-state index in [0.717, 1.165) is 17.7 Å². The summed E-state index contributed by atoms with van der Waals surface area (Å²) in [5.41, 5.74) is 2.77. The summed E-state index contributed by atoms with van der Waals surface area (Å²) in [5, 5.41) is 4.42. The van der Waals surface area contributed by atoms with Gasteiger partial charge in [-0.3, -0.25) is 9.62 Å². The number of nitrogens with zero attached hydrogens (tertiary/aromatic N) is 2. The van der Waals surface area contributed by atoms with Gasteiger partial charge in [0.1, 0.15) is 28.2 Å². The van der Waals surface area contributed by atoms with Crippen molar-refractivity contribution in [3.05, 3.63) is 82.5 Å². The average Bonchev–Trinajstić information content (AvgIpc) is 3.20. The van der Waals surface area contributed by atoms with E-state index in [1.165, 1.54) is 22.9 Å². The van der Waals surface area contributed by atoms with Crippen LogP contribution in [0.1, 0.15) is 11.1 Å². The summed E-state index contributed by atoms with van der Waals surface area (Å²) in [6.45, 7) is 4.84. The van der Waals surface area contributed by atoms with Crippen molar-refractivity contribution < 1.29 is 17.4 Å². The first-order valence-corrected chi connectivity index (χ1v) is 11.3. The Labute approximate surface area is 185 Å². The third-order valence-electron chi connectivity index (χ3n) is 4.38. The van der Waals surface area contributed by atoms with E-state index in [9.17, 15) is 17.4 Å². The van der Waals surface area contributed by atoms with Crippen molar-refractivity contribution in [2.45, 2.75) is 18.0 Å². The molecule has 5 nitrogen and oxygen atoms in total. The molecule has 31 heavy (non-hydrogen) atoms. The maximum atomic E-state index is 14.5. The Morgan fingerprint density at radius 2 is 1.97 bits per heavy atom. The predicted octanol–water partition coefficient (Wildman–Crippen LogP) is 4.93. The van der Waals surface area contributed by atoms with Crippen LogP contribution in [0.4, 0.5) is 24.7 Å². The van der Waals surface area contributed by atoms with Gasteiger partial charge < -0.3 is 5.32 Å². The summed E-state index contributed by atoms with van der Waals surface area (Å²) in [4.78, 5) is 5.24. The Morgan fingerprint density at radius 3 is 2.61 bits per heavy atom. The lowest BCUT2D eigenvalue weighted by molar-refractivity contribution is 0.361. The maximum Gasteiger partial charge on any atom is 0.157 e. The van der Waals surface area contributed by atoms with Crippen LogP contribution in [0.25, 0.3) is 0 Å². The smallest absolute Gasteiger partial charge is 0.157 e. The molecule has 3 rings (SSSR count). The lowest BCUT2D eigenvalue weighted by Gasteiger charge is -2.18. The van der Waals surface area contributed by atoms with Crippen molar-refractivity contribution in [2.75, 3.05) is 23.6 Å². The molecule has 0 spiro atoms. The number of halogens is 3. The van der Waals surface area contributed by atoms with E-state index < -0.39 is 33.3 Å². The van der Waals surface area contributed by atoms with Crippen molar-refractivity contribution in [3.63, 3.8) is 0 Å². The molecule has 0 fully saturated rings. The maximum absolute atomic E-state index is 14.5. The van der Waals surface area contributed by atoms with Crippen LogP contribution in [-0.2, 0) is 24.1 Å². The number of benzene rings is 2. The van der Waals surface area contributed by atoms with E-state index in [1.807, 2.05) is 11.9 Å². The molecule has 0 radical (unpaired) electrons. The van der Waals surface area contributed by atoms with Gasteiger partial charge in [-0.1, -0.05) is 18.2 Å². The minimum absolute atomic E-state index is 0.0301. The SMILES string of the molecule is C=CCN(C)Cc1cccc(F)c1CNc1cc(F)c(S(=O)Nc2cscn2)c(F)c1. The van der Waals surface area contributed by atoms with Crippen LogP contribution in [0.5, 0.6) is 0 Å². The molecule has 1 unspecified atom stereocenters. The quantitative estimate of drug-likeness (QED) is 0.416. The standard InChI is InChI=1S/C21H21F3N4OS2/c1-3-7-28(2)11-14-5-4-6-17(22)16(14)10-25-15-8-18(23)21(19(24)9-15)31(29)27-20-12-30-13-26-20/h3-6,8-9,12-13,25,27H,1,7,10-11H2,2H3. The van der Waals surface area contributed by atoms with Crippen LogP contribution in [0, 0.1) is 17.5 Å². The predicted molar refractivity (Wildman–Crippen MR) is 119 cm³/mol. The molecule has 2 aromatic carbocycles. The Bertz CT molecular complexity index is 1050. The molecule has 0 aliphatic heterocycles. The van der Waals surface area contributed by atoms with Gasteiger partial charge >= 0.3 is 0 Å². The Balaban J connectivity index is 1.76. The fourth-order valence-electron chi connectivity index (χ4n) is 2.96. The number of anilines is 2. The van der Waals surface area contributed by atoms with Crippen LogP contribution >= 0.6 is 11.3 Å². The minimum atomic E-state index is -2.16. The summed E-state index contributed by atoms with van der Waals surface area (Å²) in [6, 6.07) is 6.82. The van der Waals surface area contributed by atoms with E-state index in [4.69, 9.17) is 0 Å². The molecule has 1 aromatic heterocycles. The Morgan fingerprint density at radius 1 is 1.23 bits per heavy atom. The van der Waals surface area contributed by atoms with Crippen molar-refractivity contribution in [1.29, 1.82) is 0 Å². The number of hydrogen-bond donors (Lipinski definition) is 2. The molecular formula is C21H21F3N4OS2. The van der Waals surface area contributed by atoms with Crippen LogP contribution in [0.15, 0.2) is 58.8 Å². The summed E-state index contributed by atoms with van der Waals surface area (Å²) >= 11 is 1.26. The minimum Gasteiger partial charge on any atom is -0.381 e. The average molecular weight is 467 g/mol. The van der Waals surface area contributed by atoms with Crippen molar-refractivity contribution in [3.8, 4) is 0 Å². The first kappa shape index (κ1) is 23.0. The third-order valence-corrected chi connectivity index (χ3v) is 6.12. The lowest BCUT2D eigenvalue weighted by atomic mass is 10.1. The number of hydrogen-bond acceptors (Lipinski definition) is 5. The number of thiazole rings is 1. The molecule has 3 aromatic rings. The van der Waals surface area contributed by atoms with Gasteiger partial charge in [-0.05, 0) is 30.8 Å². The third kappa shape index (κ3) is 5.93. The monoisotopic (exact) mass is 466 g/mol. The topological polar surface area (TPSA) is 57.3 Å². The second-order valence-electron chi connectivity index (χ2n) is 6.73. The number of aromatic nitrogens is 1. The van der Waals surface area contributed by atoms with Gasteiger partial charge in [-0.15, -0.1) is 17.9 Å². The van der Waals surface area contributed by atoms with E-state index in [1.54, 1.807) is 23.6 Å². The van der Waals surface area contributed by atoms with Gasteiger partial charge in [-0.2, -0.15) is 0 Å². The largest absolute Gasteiger partial charge is 0.381 e. The second-order valence-corrected chi connectivity index (χ2v) is 8.60. The molecule has 0 aliphatic carbocycles. The fourth-order valence-corrected chi connectivity index (χ4v) is 4.40. The highest BCUT2D eigenvalue weighted by Crippen LogP contribution is 2.24. The van der Waals surface area contributed by atoms with Crippen molar-refractivity contribution in [2.24, 2.45) is 0 Å². The fraction of sp³-hybridized carbons (Fsp3) is 0.190. The number of likely N-dealkylation sites (N-methyl/N-ethyl adjacent to an activating group) is 1. The van der Waals surface area contributed by atoms with Crippen LogP contribution in [-0.4, -0.2) is 27.7 Å². The highest BCUT2D eigenvalue weighted by Gasteiger charge is 2.19. The first-order valence-electron chi connectivity index (χ1n) is 9.24. The van der Waals surface area contributed by atoms with Crippen molar-refractivity contribution in [1.82, 2.24) is 9.88 Å². The highest BCUT2D eigenvalue weighted by atomic mass is 32.2. The van der Waals surface area contributed by atoms with Gasteiger partial charge in [-0.25, -0.2) is 22.4 Å². The second kappa shape index (κ2) is 10.6. The van der Waals surface area contributed by atoms with Gasteiger partial charge in [0.2, 0.25) is 0 Å². The van der Waals surface area contributed by atoms with Crippen LogP contribution in [0.3, 0.4) is 0 Å². The van der Waals surface area contributed by atoms with E-state index >= 15 is 0 Å². The Kier molecular flexibility index (Phi) is 7.83. The lowest BCUT2D eigenvalue weighted by Crippen LogP contribution is -2.19. The summed E-state index contributed by atoms with van der Waals surface area (Å²) in [7, 11) is -0.275. The van der Waals surface area contributed by atoms with E-state index in [0.29, 0.717) is 18.7 Å². The Hall–Kier alpha value is -2.69. The molecule has 10 heteroatoms. The number of nitrogens with one attached hydrogen (secondary N) is 2. The first-order chi connectivity index (χ1) is 14.9. The number of rotatable bonds is 10. The zero-order valence-electron chi connectivity index (χ0n) is 16.7. The molecular weight excluding hydrogens is 445 g/mol. The molecule has 1 heterocycles. The molecule has 0 saturated heterocycles. The van der Waals surface area contributed by atoms with Crippen LogP contribution < -0.4 is 10.0 Å². The summed E-state index contributed by atoms with van der Waals surface area (Å²) in [5.74, 6) is -2.12. The zero-order valence-corrected chi connectivity index (χ0v) is 18.3. The van der Waals surface area contributed by atoms with Gasteiger partial charge in [0.25, 0.3) is 0 Å². The molecule has 0 amide bonds. The molecule has 164 valence electrons. The van der Waals surface area contributed by atoms with Gasteiger partial charge in [0.05, 0.1) is 5.51 Å². The molecule has 2 N–H and O–H groups in total. The molecule has 0 aliphatic rings. The molecule has 1 atom stereocenters. The normalized spacial score (nSPS) is 12.0. The molecule has 0 bridgehead atoms. The highest BCUT2D eigenvalue weighted by molar-refractivity contribution is 7.86. The summed E-state index contributed by atoms with van der Waals surface area (Å²) < 4.78 is 58.2. The van der Waals surface area contributed by atoms with Crippen LogP contribution in [0.2, 0.25) is 0 Å². The van der Waals surface area contributed by atoms with E-state index in [-0.39, 0.29) is 18.1 Å². The molecule has 0 saturated carbocycles. The van der Waals surface area contributed by atoms with Gasteiger partial charge in [0.15, 0.2) is 11.0 Å². The van der Waals surface area contributed by atoms with E-state index in [2.05, 4.69) is 21.6 Å². The van der Waals surface area contributed by atoms with Gasteiger partial charge in [0, 0.05) is 36.3 Å².